The zero-order chi connectivity index (χ0) is 23.5. The van der Waals surface area contributed by atoms with E-state index in [2.05, 4.69) is 11.9 Å². The summed E-state index contributed by atoms with van der Waals surface area (Å²) in [7, 11) is 2.93. The number of carbonyl (C=O) groups is 2. The van der Waals surface area contributed by atoms with Gasteiger partial charge in [-0.1, -0.05) is 42.5 Å². The average Bonchev–Trinajstić information content (AvgIpc) is 2.82. The molecule has 2 atom stereocenters. The number of Topliss-reactive ketones (excluding diaryl/α,β-unsaturated/α-hetero) is 1. The topological polar surface area (TPSA) is 73.9 Å². The van der Waals surface area contributed by atoms with Gasteiger partial charge in [0.25, 0.3) is 0 Å². The van der Waals surface area contributed by atoms with Gasteiger partial charge < -0.3 is 19.5 Å². The van der Waals surface area contributed by atoms with Gasteiger partial charge in [0, 0.05) is 29.3 Å². The van der Waals surface area contributed by atoms with Crippen LogP contribution in [0.3, 0.4) is 0 Å². The molecule has 33 heavy (non-hydrogen) atoms. The van der Waals surface area contributed by atoms with E-state index in [0.29, 0.717) is 35.8 Å². The van der Waals surface area contributed by atoms with Gasteiger partial charge in [0.1, 0.15) is 12.5 Å². The summed E-state index contributed by atoms with van der Waals surface area (Å²) in [5, 5.41) is 3.20. The highest BCUT2D eigenvalue weighted by Crippen LogP contribution is 2.46. The van der Waals surface area contributed by atoms with E-state index in [1.54, 1.807) is 7.11 Å². The Bertz CT molecular complexity index is 1120. The monoisotopic (exact) mass is 447 g/mol. The quantitative estimate of drug-likeness (QED) is 0.654. The fraction of sp³-hybridized carbons (Fsp3) is 0.333. The molecule has 0 bridgehead atoms. The lowest BCUT2D eigenvalue weighted by molar-refractivity contribution is -0.144. The van der Waals surface area contributed by atoms with E-state index < -0.39 is 17.8 Å². The lowest BCUT2D eigenvalue weighted by Gasteiger charge is -2.38. The smallest absolute Gasteiger partial charge is 0.315 e. The van der Waals surface area contributed by atoms with E-state index >= 15 is 0 Å². The van der Waals surface area contributed by atoms with Crippen molar-refractivity contribution in [2.45, 2.75) is 38.7 Å². The summed E-state index contributed by atoms with van der Waals surface area (Å²) >= 11 is 0. The molecule has 2 aromatic carbocycles. The fourth-order valence-corrected chi connectivity index (χ4v) is 4.60. The predicted octanol–water partition coefficient (Wildman–Crippen LogP) is 4.58. The largest absolute Gasteiger partial charge is 0.493 e. The molecule has 2 aromatic rings. The molecule has 1 heterocycles. The van der Waals surface area contributed by atoms with Gasteiger partial charge in [0.05, 0.1) is 14.2 Å². The van der Waals surface area contributed by atoms with Crippen LogP contribution in [0.1, 0.15) is 41.9 Å². The van der Waals surface area contributed by atoms with Crippen LogP contribution in [-0.4, -0.2) is 26.0 Å². The maximum atomic E-state index is 12.9. The van der Waals surface area contributed by atoms with Gasteiger partial charge in [0.2, 0.25) is 0 Å². The number of carbonyl (C=O) groups excluding carboxylic acids is 2. The number of aryl methyl sites for hydroxylation is 1. The number of rotatable bonds is 6. The molecule has 0 amide bonds. The van der Waals surface area contributed by atoms with Gasteiger partial charge in [-0.15, -0.1) is 0 Å². The number of allylic oxidation sites excluding steroid dienone is 2. The van der Waals surface area contributed by atoms with Crippen molar-refractivity contribution in [2.24, 2.45) is 5.92 Å². The van der Waals surface area contributed by atoms with Crippen LogP contribution in [0, 0.1) is 12.8 Å². The highest BCUT2D eigenvalue weighted by atomic mass is 16.5. The zero-order valence-electron chi connectivity index (χ0n) is 19.3. The summed E-state index contributed by atoms with van der Waals surface area (Å²) < 4.78 is 16.7. The van der Waals surface area contributed by atoms with Crippen molar-refractivity contribution in [3.05, 3.63) is 82.7 Å². The minimum absolute atomic E-state index is 0.0498. The summed E-state index contributed by atoms with van der Waals surface area (Å²) in [6.07, 6.45) is 1.99. The van der Waals surface area contributed by atoms with E-state index in [1.807, 2.05) is 49.4 Å². The first-order chi connectivity index (χ1) is 15.9. The SMILES string of the molecule is C=C1NC2=C(C(=O)CCC2)C(c2ccc(OCc3ccc(C)cc3)c(OC)c2)C1C(=O)OC. The first-order valence-corrected chi connectivity index (χ1v) is 11.1. The Hall–Kier alpha value is -3.54. The Morgan fingerprint density at radius 1 is 1.09 bits per heavy atom. The molecule has 1 aliphatic heterocycles. The molecule has 0 aromatic heterocycles. The molecule has 0 spiro atoms. The first-order valence-electron chi connectivity index (χ1n) is 11.1. The number of ether oxygens (including phenoxy) is 3. The van der Waals surface area contributed by atoms with E-state index in [-0.39, 0.29) is 5.78 Å². The minimum atomic E-state index is -0.708. The lowest BCUT2D eigenvalue weighted by Crippen LogP contribution is -2.40. The van der Waals surface area contributed by atoms with Crippen LogP contribution < -0.4 is 14.8 Å². The second-order valence-electron chi connectivity index (χ2n) is 8.48. The van der Waals surface area contributed by atoms with E-state index in [0.717, 1.165) is 29.7 Å². The zero-order valence-corrected chi connectivity index (χ0v) is 19.3. The molecule has 6 heteroatoms. The molecule has 1 aliphatic carbocycles. The average molecular weight is 448 g/mol. The fourth-order valence-electron chi connectivity index (χ4n) is 4.60. The first kappa shape index (κ1) is 22.6. The summed E-state index contributed by atoms with van der Waals surface area (Å²) in [5.74, 6) is -0.449. The van der Waals surface area contributed by atoms with E-state index in [1.165, 1.54) is 12.7 Å². The lowest BCUT2D eigenvalue weighted by atomic mass is 9.71. The van der Waals surface area contributed by atoms with Crippen LogP contribution in [0.25, 0.3) is 0 Å². The number of hydrogen-bond donors (Lipinski definition) is 1. The maximum absolute atomic E-state index is 12.9. The molecule has 0 fully saturated rings. The Kier molecular flexibility index (Phi) is 6.54. The summed E-state index contributed by atoms with van der Waals surface area (Å²) in [5.41, 5.74) is 5.05. The van der Waals surface area contributed by atoms with Crippen LogP contribution in [0.4, 0.5) is 0 Å². The molecule has 6 nitrogen and oxygen atoms in total. The Morgan fingerprint density at radius 3 is 2.55 bits per heavy atom. The van der Waals surface area contributed by atoms with Crippen LogP contribution in [0.2, 0.25) is 0 Å². The Morgan fingerprint density at radius 2 is 1.85 bits per heavy atom. The van der Waals surface area contributed by atoms with Crippen molar-refractivity contribution < 1.29 is 23.8 Å². The van der Waals surface area contributed by atoms with Gasteiger partial charge in [0.15, 0.2) is 17.3 Å². The molecule has 1 N–H and O–H groups in total. The van der Waals surface area contributed by atoms with Gasteiger partial charge in [-0.2, -0.15) is 0 Å². The molecular formula is C27H29NO5. The molecule has 172 valence electrons. The predicted molar refractivity (Wildman–Crippen MR) is 125 cm³/mol. The molecular weight excluding hydrogens is 418 g/mol. The standard InChI is InChI=1S/C27H29NO5/c1-16-8-10-18(11-9-16)15-33-22-13-12-19(14-23(22)31-3)25-24(27(30)32-4)17(2)28-20-6-5-7-21(29)26(20)25/h8-14,24-25,28H,2,5-7,15H2,1,3-4H3. The van der Waals surface area contributed by atoms with Crippen molar-refractivity contribution in [2.75, 3.05) is 14.2 Å². The van der Waals surface area contributed by atoms with Crippen molar-refractivity contribution in [1.29, 1.82) is 0 Å². The number of esters is 1. The summed E-state index contributed by atoms with van der Waals surface area (Å²) in [6, 6.07) is 13.7. The number of hydrogen-bond acceptors (Lipinski definition) is 6. The minimum Gasteiger partial charge on any atom is -0.493 e. The molecule has 2 aliphatic rings. The summed E-state index contributed by atoms with van der Waals surface area (Å²) in [4.78, 5) is 25.7. The number of ketones is 1. The van der Waals surface area contributed by atoms with Crippen LogP contribution in [-0.2, 0) is 20.9 Å². The van der Waals surface area contributed by atoms with Crippen molar-refractivity contribution in [3.8, 4) is 11.5 Å². The van der Waals surface area contributed by atoms with Crippen molar-refractivity contribution in [3.63, 3.8) is 0 Å². The normalized spacial score (nSPS) is 20.1. The molecule has 0 saturated carbocycles. The van der Waals surface area contributed by atoms with Gasteiger partial charge in [-0.05, 0) is 43.0 Å². The van der Waals surface area contributed by atoms with Crippen molar-refractivity contribution in [1.82, 2.24) is 5.32 Å². The van der Waals surface area contributed by atoms with Crippen molar-refractivity contribution >= 4 is 11.8 Å². The maximum Gasteiger partial charge on any atom is 0.315 e. The molecule has 2 unspecified atom stereocenters. The molecule has 0 saturated heterocycles. The van der Waals surface area contributed by atoms with Crippen LogP contribution >= 0.6 is 0 Å². The van der Waals surface area contributed by atoms with Gasteiger partial charge >= 0.3 is 5.97 Å². The highest BCUT2D eigenvalue weighted by Gasteiger charge is 2.43. The van der Waals surface area contributed by atoms with Crippen LogP contribution in [0.15, 0.2) is 66.0 Å². The van der Waals surface area contributed by atoms with E-state index in [9.17, 15) is 9.59 Å². The third kappa shape index (κ3) is 4.51. The Balaban J connectivity index is 1.70. The third-order valence-electron chi connectivity index (χ3n) is 6.30. The number of benzene rings is 2. The third-order valence-corrected chi connectivity index (χ3v) is 6.30. The molecule has 4 rings (SSSR count). The van der Waals surface area contributed by atoms with Gasteiger partial charge in [-0.25, -0.2) is 0 Å². The van der Waals surface area contributed by atoms with Crippen LogP contribution in [0.5, 0.6) is 11.5 Å². The highest BCUT2D eigenvalue weighted by molar-refractivity contribution is 6.00. The second-order valence-corrected chi connectivity index (χ2v) is 8.48. The molecule has 0 radical (unpaired) electrons. The van der Waals surface area contributed by atoms with Gasteiger partial charge in [-0.3, -0.25) is 9.59 Å². The number of methoxy groups -OCH3 is 2. The second kappa shape index (κ2) is 9.53. The number of nitrogens with one attached hydrogen (secondary N) is 1. The Labute approximate surface area is 194 Å². The summed E-state index contributed by atoms with van der Waals surface area (Å²) in [6.45, 7) is 6.52. The van der Waals surface area contributed by atoms with E-state index in [4.69, 9.17) is 14.2 Å².